The van der Waals surface area contributed by atoms with Crippen LogP contribution in [-0.2, 0) is 0 Å². The Hall–Kier alpha value is -1.56. The van der Waals surface area contributed by atoms with Crippen LogP contribution in [0.15, 0.2) is 30.3 Å². The van der Waals surface area contributed by atoms with Crippen LogP contribution in [-0.4, -0.2) is 30.8 Å². The molecule has 0 radical (unpaired) electrons. The second-order valence-electron chi connectivity index (χ2n) is 4.47. The molecule has 110 valence electrons. The lowest BCUT2D eigenvalue weighted by molar-refractivity contribution is 0.0827. The van der Waals surface area contributed by atoms with Gasteiger partial charge < -0.3 is 10.2 Å². The third-order valence-corrected chi connectivity index (χ3v) is 4.16. The fraction of sp³-hybridized carbons (Fsp3) is 0.143. The van der Waals surface area contributed by atoms with Crippen molar-refractivity contribution in [2.24, 2.45) is 0 Å². The van der Waals surface area contributed by atoms with E-state index in [1.54, 1.807) is 38.4 Å². The zero-order valence-corrected chi connectivity index (χ0v) is 13.6. The Morgan fingerprint density at radius 1 is 1.19 bits per heavy atom. The number of hydrogen-bond acceptors (Lipinski definition) is 3. The molecule has 0 unspecified atom stereocenters. The molecule has 0 saturated heterocycles. The standard InChI is InChI=1S/C14H12Cl2N2O2S/c1-18(2)14(20)8-4-3-5-9(6-8)17-13(19)10-7-11(15)21-12(10)16/h3-7H,1-2H3,(H,17,19). The van der Waals surface area contributed by atoms with Crippen molar-refractivity contribution in [1.29, 1.82) is 0 Å². The number of rotatable bonds is 3. The van der Waals surface area contributed by atoms with E-state index in [-0.39, 0.29) is 11.8 Å². The largest absolute Gasteiger partial charge is 0.345 e. The number of carbonyl (C=O) groups is 2. The van der Waals surface area contributed by atoms with Crippen LogP contribution < -0.4 is 5.32 Å². The van der Waals surface area contributed by atoms with Crippen LogP contribution in [0.5, 0.6) is 0 Å². The Labute approximate surface area is 136 Å². The monoisotopic (exact) mass is 342 g/mol. The molecule has 21 heavy (non-hydrogen) atoms. The number of carbonyl (C=O) groups excluding carboxylic acids is 2. The third kappa shape index (κ3) is 3.75. The molecule has 0 spiro atoms. The lowest BCUT2D eigenvalue weighted by Gasteiger charge is -2.11. The predicted octanol–water partition coefficient (Wildman–Crippen LogP) is 4.01. The lowest BCUT2D eigenvalue weighted by atomic mass is 10.1. The zero-order chi connectivity index (χ0) is 15.6. The maximum atomic E-state index is 12.1. The van der Waals surface area contributed by atoms with E-state index in [0.717, 1.165) is 11.3 Å². The second-order valence-corrected chi connectivity index (χ2v) is 6.76. The van der Waals surface area contributed by atoms with E-state index in [2.05, 4.69) is 5.32 Å². The number of nitrogens with one attached hydrogen (secondary N) is 1. The lowest BCUT2D eigenvalue weighted by Crippen LogP contribution is -2.21. The van der Waals surface area contributed by atoms with Crippen LogP contribution in [0.3, 0.4) is 0 Å². The summed E-state index contributed by atoms with van der Waals surface area (Å²) >= 11 is 12.9. The van der Waals surface area contributed by atoms with Gasteiger partial charge in [-0.15, -0.1) is 11.3 Å². The summed E-state index contributed by atoms with van der Waals surface area (Å²) in [7, 11) is 3.33. The third-order valence-electron chi connectivity index (χ3n) is 2.67. The quantitative estimate of drug-likeness (QED) is 0.915. The van der Waals surface area contributed by atoms with E-state index in [4.69, 9.17) is 23.2 Å². The van der Waals surface area contributed by atoms with Crippen molar-refractivity contribution in [3.8, 4) is 0 Å². The fourth-order valence-corrected chi connectivity index (χ4v) is 3.14. The fourth-order valence-electron chi connectivity index (χ4n) is 1.68. The van der Waals surface area contributed by atoms with Gasteiger partial charge in [0.2, 0.25) is 0 Å². The minimum absolute atomic E-state index is 0.136. The van der Waals surface area contributed by atoms with Gasteiger partial charge in [-0.25, -0.2) is 0 Å². The molecule has 0 atom stereocenters. The molecule has 2 amide bonds. The van der Waals surface area contributed by atoms with Crippen LogP contribution in [0.1, 0.15) is 20.7 Å². The van der Waals surface area contributed by atoms with Gasteiger partial charge in [0.15, 0.2) is 0 Å². The first-order chi connectivity index (χ1) is 9.88. The summed E-state index contributed by atoms with van der Waals surface area (Å²) in [5, 5.41) is 2.70. The summed E-state index contributed by atoms with van der Waals surface area (Å²) in [6.45, 7) is 0. The maximum absolute atomic E-state index is 12.1. The van der Waals surface area contributed by atoms with Gasteiger partial charge in [0.25, 0.3) is 11.8 Å². The van der Waals surface area contributed by atoms with Crippen molar-refractivity contribution in [3.63, 3.8) is 0 Å². The van der Waals surface area contributed by atoms with Crippen molar-refractivity contribution in [2.45, 2.75) is 0 Å². The first-order valence-corrected chi connectivity index (χ1v) is 7.53. The Bertz CT molecular complexity index is 698. The topological polar surface area (TPSA) is 49.4 Å². The van der Waals surface area contributed by atoms with Gasteiger partial charge in [-0.2, -0.15) is 0 Å². The number of benzene rings is 1. The van der Waals surface area contributed by atoms with E-state index in [1.165, 1.54) is 11.0 Å². The molecule has 1 N–H and O–H groups in total. The molecular formula is C14H12Cl2N2O2S. The van der Waals surface area contributed by atoms with Gasteiger partial charge in [-0.3, -0.25) is 9.59 Å². The first-order valence-electron chi connectivity index (χ1n) is 5.96. The molecule has 2 aromatic rings. The van der Waals surface area contributed by atoms with Crippen LogP contribution >= 0.6 is 34.5 Å². The summed E-state index contributed by atoms with van der Waals surface area (Å²) in [5.74, 6) is -0.500. The van der Waals surface area contributed by atoms with Crippen LogP contribution in [0.4, 0.5) is 5.69 Å². The highest BCUT2D eigenvalue weighted by molar-refractivity contribution is 7.20. The number of thiophene rings is 1. The molecule has 1 aromatic heterocycles. The van der Waals surface area contributed by atoms with Crippen molar-refractivity contribution in [3.05, 3.63) is 50.1 Å². The molecule has 2 rings (SSSR count). The number of nitrogens with zero attached hydrogens (tertiary/aromatic N) is 1. The van der Waals surface area contributed by atoms with E-state index >= 15 is 0 Å². The van der Waals surface area contributed by atoms with Gasteiger partial charge in [-0.05, 0) is 24.3 Å². The highest BCUT2D eigenvalue weighted by atomic mass is 35.5. The Balaban J connectivity index is 2.20. The summed E-state index contributed by atoms with van der Waals surface area (Å²) in [6.07, 6.45) is 0. The Kier molecular flexibility index (Phi) is 4.88. The number of amides is 2. The molecule has 0 fully saturated rings. The smallest absolute Gasteiger partial charge is 0.258 e. The molecule has 1 heterocycles. The molecule has 0 saturated carbocycles. The van der Waals surface area contributed by atoms with Crippen molar-refractivity contribution in [2.75, 3.05) is 19.4 Å². The average molecular weight is 343 g/mol. The normalized spacial score (nSPS) is 10.3. The maximum Gasteiger partial charge on any atom is 0.258 e. The van der Waals surface area contributed by atoms with E-state index in [1.807, 2.05) is 0 Å². The molecule has 0 aliphatic rings. The van der Waals surface area contributed by atoms with Crippen molar-refractivity contribution in [1.82, 2.24) is 4.90 Å². The molecule has 0 bridgehead atoms. The van der Waals surface area contributed by atoms with Crippen molar-refractivity contribution < 1.29 is 9.59 Å². The minimum atomic E-state index is -0.363. The van der Waals surface area contributed by atoms with E-state index in [9.17, 15) is 9.59 Å². The minimum Gasteiger partial charge on any atom is -0.345 e. The molecule has 1 aromatic carbocycles. The van der Waals surface area contributed by atoms with Gasteiger partial charge in [0.05, 0.1) is 9.90 Å². The highest BCUT2D eigenvalue weighted by Crippen LogP contribution is 2.31. The highest BCUT2D eigenvalue weighted by Gasteiger charge is 2.15. The Morgan fingerprint density at radius 3 is 2.48 bits per heavy atom. The molecule has 7 heteroatoms. The average Bonchev–Trinajstić information content (AvgIpc) is 2.77. The second kappa shape index (κ2) is 6.47. The van der Waals surface area contributed by atoms with Gasteiger partial charge in [0.1, 0.15) is 4.34 Å². The van der Waals surface area contributed by atoms with Crippen LogP contribution in [0.2, 0.25) is 8.67 Å². The predicted molar refractivity (Wildman–Crippen MR) is 86.8 cm³/mol. The molecule has 4 nitrogen and oxygen atoms in total. The van der Waals surface area contributed by atoms with Crippen molar-refractivity contribution >= 4 is 52.0 Å². The summed E-state index contributed by atoms with van der Waals surface area (Å²) < 4.78 is 0.778. The molecule has 0 aliphatic carbocycles. The van der Waals surface area contributed by atoms with E-state index < -0.39 is 0 Å². The van der Waals surface area contributed by atoms with Gasteiger partial charge in [0, 0.05) is 25.3 Å². The SMILES string of the molecule is CN(C)C(=O)c1cccc(NC(=O)c2cc(Cl)sc2Cl)c1. The summed E-state index contributed by atoms with van der Waals surface area (Å²) in [4.78, 5) is 25.5. The Morgan fingerprint density at radius 2 is 1.90 bits per heavy atom. The summed E-state index contributed by atoms with van der Waals surface area (Å²) in [5.41, 5.74) is 1.33. The molecular weight excluding hydrogens is 331 g/mol. The number of hydrogen-bond donors (Lipinski definition) is 1. The van der Waals surface area contributed by atoms with Gasteiger partial charge in [-0.1, -0.05) is 29.3 Å². The van der Waals surface area contributed by atoms with Crippen LogP contribution in [0, 0.1) is 0 Å². The zero-order valence-electron chi connectivity index (χ0n) is 11.3. The van der Waals surface area contributed by atoms with Gasteiger partial charge >= 0.3 is 0 Å². The first kappa shape index (κ1) is 15.8. The number of halogens is 2. The van der Waals surface area contributed by atoms with E-state index in [0.29, 0.717) is 25.5 Å². The summed E-state index contributed by atoms with van der Waals surface area (Å²) in [6, 6.07) is 8.22. The molecule has 0 aliphatic heterocycles. The van der Waals surface area contributed by atoms with Crippen LogP contribution in [0.25, 0.3) is 0 Å². The number of anilines is 1.